The number of esters is 1. The molecule has 2 rings (SSSR count). The van der Waals surface area contributed by atoms with Crippen molar-refractivity contribution in [3.63, 3.8) is 0 Å². The van der Waals surface area contributed by atoms with Crippen LogP contribution in [0.4, 0.5) is 0 Å². The highest BCUT2D eigenvalue weighted by molar-refractivity contribution is 5.94. The van der Waals surface area contributed by atoms with Crippen LogP contribution < -0.4 is 5.32 Å². The fourth-order valence-corrected chi connectivity index (χ4v) is 2.77. The van der Waals surface area contributed by atoms with Gasteiger partial charge in [-0.3, -0.25) is 9.59 Å². The highest BCUT2D eigenvalue weighted by Crippen LogP contribution is 2.17. The summed E-state index contributed by atoms with van der Waals surface area (Å²) in [6, 6.07) is 7.24. The van der Waals surface area contributed by atoms with Gasteiger partial charge in [0.15, 0.2) is 6.61 Å². The Kier molecular flexibility index (Phi) is 6.76. The first-order valence-corrected chi connectivity index (χ1v) is 8.56. The molecule has 144 valence electrons. The van der Waals surface area contributed by atoms with Crippen LogP contribution in [0.1, 0.15) is 32.8 Å². The zero-order valence-electron chi connectivity index (χ0n) is 16.0. The summed E-state index contributed by atoms with van der Waals surface area (Å²) in [5.74, 6) is -0.721. The summed E-state index contributed by atoms with van der Waals surface area (Å²) >= 11 is 0. The minimum absolute atomic E-state index is 0.139. The molecule has 1 heterocycles. The van der Waals surface area contributed by atoms with E-state index < -0.39 is 18.5 Å². The van der Waals surface area contributed by atoms with Crippen LogP contribution in [0.25, 0.3) is 0 Å². The highest BCUT2D eigenvalue weighted by Gasteiger charge is 2.18. The molecular formula is C20H24N2O5. The van der Waals surface area contributed by atoms with E-state index in [1.165, 1.54) is 18.2 Å². The number of nitrogens with one attached hydrogen (secondary N) is 1. The topological polar surface area (TPSA) is 88.9 Å². The van der Waals surface area contributed by atoms with Crippen LogP contribution in [0.5, 0.6) is 0 Å². The summed E-state index contributed by atoms with van der Waals surface area (Å²) in [7, 11) is 1.48. The van der Waals surface area contributed by atoms with Gasteiger partial charge >= 0.3 is 5.97 Å². The van der Waals surface area contributed by atoms with Crippen LogP contribution in [0.15, 0.2) is 34.9 Å². The number of benzene rings is 1. The number of hydrogen-bond acceptors (Lipinski definition) is 5. The van der Waals surface area contributed by atoms with Gasteiger partial charge in [0, 0.05) is 7.05 Å². The van der Waals surface area contributed by atoms with Crippen molar-refractivity contribution in [3.05, 3.63) is 58.5 Å². The molecule has 0 unspecified atom stereocenters. The van der Waals surface area contributed by atoms with Crippen molar-refractivity contribution in [2.45, 2.75) is 27.3 Å². The third-order valence-electron chi connectivity index (χ3n) is 4.05. The monoisotopic (exact) mass is 372 g/mol. The number of amides is 2. The van der Waals surface area contributed by atoms with Gasteiger partial charge < -0.3 is 19.4 Å². The van der Waals surface area contributed by atoms with Gasteiger partial charge in [-0.2, -0.15) is 0 Å². The van der Waals surface area contributed by atoms with Gasteiger partial charge in [-0.1, -0.05) is 17.7 Å². The molecule has 1 aromatic carbocycles. The second-order valence-electron chi connectivity index (χ2n) is 6.46. The molecular weight excluding hydrogens is 348 g/mol. The largest absolute Gasteiger partial charge is 0.467 e. The average Bonchev–Trinajstić information content (AvgIpc) is 3.10. The molecule has 0 radical (unpaired) electrons. The summed E-state index contributed by atoms with van der Waals surface area (Å²) in [6.07, 6.45) is 1.52. The SMILES string of the molecule is Cc1cc(C)c(C(=O)OCC(=O)N(C)CC(=O)NCc2ccco2)c(C)c1. The van der Waals surface area contributed by atoms with Gasteiger partial charge in [-0.15, -0.1) is 0 Å². The number of hydrogen-bond donors (Lipinski definition) is 1. The molecule has 0 spiro atoms. The molecule has 1 aromatic heterocycles. The first-order chi connectivity index (χ1) is 12.8. The van der Waals surface area contributed by atoms with Crippen LogP contribution in [0, 0.1) is 20.8 Å². The van der Waals surface area contributed by atoms with Crippen LogP contribution >= 0.6 is 0 Å². The fraction of sp³-hybridized carbons (Fsp3) is 0.350. The third kappa shape index (κ3) is 5.70. The molecule has 7 heteroatoms. The van der Waals surface area contributed by atoms with Crippen LogP contribution in [0.3, 0.4) is 0 Å². The first kappa shape index (κ1) is 20.2. The molecule has 0 bridgehead atoms. The lowest BCUT2D eigenvalue weighted by atomic mass is 10.00. The van der Waals surface area contributed by atoms with Crippen molar-refractivity contribution in [1.29, 1.82) is 0 Å². The summed E-state index contributed by atoms with van der Waals surface area (Å²) in [5.41, 5.74) is 3.12. The first-order valence-electron chi connectivity index (χ1n) is 8.56. The highest BCUT2D eigenvalue weighted by atomic mass is 16.5. The quantitative estimate of drug-likeness (QED) is 0.752. The van der Waals surface area contributed by atoms with Crippen LogP contribution in [0.2, 0.25) is 0 Å². The lowest BCUT2D eigenvalue weighted by Crippen LogP contribution is -2.40. The number of nitrogens with zero attached hydrogens (tertiary/aromatic N) is 1. The predicted molar refractivity (Wildman–Crippen MR) is 99.1 cm³/mol. The lowest BCUT2D eigenvalue weighted by Gasteiger charge is -2.17. The second kappa shape index (κ2) is 9.02. The Hall–Kier alpha value is -3.09. The van der Waals surface area contributed by atoms with Crippen molar-refractivity contribution in [2.24, 2.45) is 0 Å². The average molecular weight is 372 g/mol. The van der Waals surface area contributed by atoms with E-state index in [-0.39, 0.29) is 19.0 Å². The van der Waals surface area contributed by atoms with Gasteiger partial charge in [0.1, 0.15) is 5.76 Å². The van der Waals surface area contributed by atoms with Gasteiger partial charge in [-0.05, 0) is 44.0 Å². The van der Waals surface area contributed by atoms with Gasteiger partial charge in [-0.25, -0.2) is 4.79 Å². The number of furan rings is 1. The Balaban J connectivity index is 1.82. The smallest absolute Gasteiger partial charge is 0.339 e. The number of ether oxygens (including phenoxy) is 1. The summed E-state index contributed by atoms with van der Waals surface area (Å²) in [6.45, 7) is 5.29. The normalized spacial score (nSPS) is 10.4. The molecule has 0 aliphatic carbocycles. The van der Waals surface area contributed by atoms with E-state index >= 15 is 0 Å². The summed E-state index contributed by atoms with van der Waals surface area (Å²) in [4.78, 5) is 37.5. The van der Waals surface area contributed by atoms with Crippen LogP contribution in [-0.2, 0) is 20.9 Å². The van der Waals surface area contributed by atoms with Gasteiger partial charge in [0.05, 0.1) is 24.9 Å². The molecule has 0 fully saturated rings. The van der Waals surface area contributed by atoms with Crippen molar-refractivity contribution >= 4 is 17.8 Å². The maximum absolute atomic E-state index is 12.3. The van der Waals surface area contributed by atoms with E-state index in [4.69, 9.17) is 9.15 Å². The van der Waals surface area contributed by atoms with Crippen molar-refractivity contribution in [2.75, 3.05) is 20.2 Å². The zero-order valence-corrected chi connectivity index (χ0v) is 16.0. The zero-order chi connectivity index (χ0) is 20.0. The minimum atomic E-state index is -0.547. The molecule has 0 atom stereocenters. The molecule has 0 saturated carbocycles. The number of carbonyl (C=O) groups excluding carboxylic acids is 3. The van der Waals surface area contributed by atoms with Crippen molar-refractivity contribution in [1.82, 2.24) is 10.2 Å². The van der Waals surface area contributed by atoms with Gasteiger partial charge in [0.25, 0.3) is 5.91 Å². The number of rotatable bonds is 7. The van der Waals surface area contributed by atoms with E-state index in [2.05, 4.69) is 5.32 Å². The lowest BCUT2D eigenvalue weighted by molar-refractivity contribution is -0.137. The summed E-state index contributed by atoms with van der Waals surface area (Å²) in [5, 5.41) is 2.65. The Morgan fingerprint density at radius 2 is 1.81 bits per heavy atom. The van der Waals surface area contributed by atoms with E-state index in [0.717, 1.165) is 16.7 Å². The molecule has 7 nitrogen and oxygen atoms in total. The molecule has 2 amide bonds. The van der Waals surface area contributed by atoms with E-state index in [9.17, 15) is 14.4 Å². The standard InChI is InChI=1S/C20H24N2O5/c1-13-8-14(2)19(15(3)9-13)20(25)27-12-18(24)22(4)11-17(23)21-10-16-6-5-7-26-16/h5-9H,10-12H2,1-4H3,(H,21,23). The number of likely N-dealkylation sites (N-methyl/N-ethyl adjacent to an activating group) is 1. The van der Waals surface area contributed by atoms with E-state index in [0.29, 0.717) is 11.3 Å². The Bertz CT molecular complexity index is 804. The Labute approximate surface area is 158 Å². The minimum Gasteiger partial charge on any atom is -0.467 e. The molecule has 2 aromatic rings. The van der Waals surface area contributed by atoms with Gasteiger partial charge in [0.2, 0.25) is 5.91 Å². The Morgan fingerprint density at radius 1 is 1.15 bits per heavy atom. The maximum Gasteiger partial charge on any atom is 0.339 e. The molecule has 0 aliphatic rings. The molecule has 1 N–H and O–H groups in total. The summed E-state index contributed by atoms with van der Waals surface area (Å²) < 4.78 is 10.3. The van der Waals surface area contributed by atoms with E-state index in [1.807, 2.05) is 32.9 Å². The molecule has 0 saturated heterocycles. The second-order valence-corrected chi connectivity index (χ2v) is 6.46. The van der Waals surface area contributed by atoms with Crippen molar-refractivity contribution < 1.29 is 23.5 Å². The number of aryl methyl sites for hydroxylation is 3. The molecule has 0 aliphatic heterocycles. The van der Waals surface area contributed by atoms with Crippen molar-refractivity contribution in [3.8, 4) is 0 Å². The molecule has 27 heavy (non-hydrogen) atoms. The third-order valence-corrected chi connectivity index (χ3v) is 4.05. The van der Waals surface area contributed by atoms with Crippen LogP contribution in [-0.4, -0.2) is 42.9 Å². The van der Waals surface area contributed by atoms with E-state index in [1.54, 1.807) is 12.1 Å². The number of carbonyl (C=O) groups is 3. The maximum atomic E-state index is 12.3. The predicted octanol–water partition coefficient (Wildman–Crippen LogP) is 2.14. The fourth-order valence-electron chi connectivity index (χ4n) is 2.77. The Morgan fingerprint density at radius 3 is 2.41 bits per heavy atom.